The Hall–Kier alpha value is -2.78. The van der Waals surface area contributed by atoms with Crippen molar-refractivity contribution in [3.63, 3.8) is 0 Å². The topological polar surface area (TPSA) is 81.8 Å². The van der Waals surface area contributed by atoms with Crippen molar-refractivity contribution in [2.75, 3.05) is 65.8 Å². The summed E-state index contributed by atoms with van der Waals surface area (Å²) in [6, 6.07) is 19.9. The van der Waals surface area contributed by atoms with Gasteiger partial charge in [0, 0.05) is 39.3 Å². The van der Waals surface area contributed by atoms with Crippen LogP contribution < -0.4 is 0 Å². The minimum Gasteiger partial charge on any atom is -0.379 e. The Bertz CT molecular complexity index is 862. The molecule has 0 aliphatic carbocycles. The molecule has 0 radical (unpaired) electrons. The minimum atomic E-state index is 0.568. The lowest BCUT2D eigenvalue weighted by Crippen LogP contribution is -2.32. The van der Waals surface area contributed by atoms with Gasteiger partial charge in [-0.1, -0.05) is 24.3 Å². The van der Waals surface area contributed by atoms with Crippen molar-refractivity contribution < 1.29 is 14.2 Å². The molecule has 3 rings (SSSR count). The van der Waals surface area contributed by atoms with Gasteiger partial charge in [0.05, 0.1) is 62.9 Å². The van der Waals surface area contributed by atoms with Gasteiger partial charge in [-0.15, -0.1) is 0 Å². The average molecular weight is 449 g/mol. The first-order valence-corrected chi connectivity index (χ1v) is 11.4. The molecule has 1 aliphatic rings. The van der Waals surface area contributed by atoms with E-state index >= 15 is 0 Å². The number of rotatable bonds is 4. The summed E-state index contributed by atoms with van der Waals surface area (Å²) in [7, 11) is 0. The molecule has 0 unspecified atom stereocenters. The Labute approximate surface area is 196 Å². The number of nitriles is 2. The van der Waals surface area contributed by atoms with E-state index in [9.17, 15) is 0 Å². The van der Waals surface area contributed by atoms with Crippen LogP contribution in [0.15, 0.2) is 48.5 Å². The molecule has 0 spiro atoms. The lowest BCUT2D eigenvalue weighted by Gasteiger charge is -2.24. The van der Waals surface area contributed by atoms with E-state index in [1.54, 1.807) is 0 Å². The summed E-state index contributed by atoms with van der Waals surface area (Å²) in [6.07, 6.45) is 0. The van der Waals surface area contributed by atoms with Crippen molar-refractivity contribution in [3.05, 3.63) is 70.8 Å². The third-order valence-electron chi connectivity index (χ3n) is 5.50. The highest BCUT2D eigenvalue weighted by Crippen LogP contribution is 2.10. The number of nitrogens with zero attached hydrogens (tertiary/aromatic N) is 4. The molecule has 0 saturated carbocycles. The SMILES string of the molecule is N#Cc1cccc(CN2CCOCCOCCN(Cc3cccc(C#N)c3)CCOCC2)c1. The van der Waals surface area contributed by atoms with Gasteiger partial charge >= 0.3 is 0 Å². The van der Waals surface area contributed by atoms with Crippen molar-refractivity contribution in [2.45, 2.75) is 13.1 Å². The van der Waals surface area contributed by atoms with Crippen molar-refractivity contribution in [1.82, 2.24) is 9.80 Å². The standard InChI is InChI=1S/C26H32N4O3/c27-19-23-3-1-5-25(17-23)21-29-7-11-31-12-8-30(10-14-33-16-15-32-13-9-29)22-26-6-2-4-24(18-26)20-28/h1-6,17-18H,7-16,21-22H2. The highest BCUT2D eigenvalue weighted by molar-refractivity contribution is 5.33. The van der Waals surface area contributed by atoms with Crippen LogP contribution in [0.1, 0.15) is 22.3 Å². The smallest absolute Gasteiger partial charge is 0.0991 e. The monoisotopic (exact) mass is 448 g/mol. The maximum absolute atomic E-state index is 9.16. The zero-order valence-corrected chi connectivity index (χ0v) is 19.1. The number of benzene rings is 2. The Morgan fingerprint density at radius 2 is 1.00 bits per heavy atom. The lowest BCUT2D eigenvalue weighted by molar-refractivity contribution is 0.0311. The second-order valence-electron chi connectivity index (χ2n) is 8.01. The lowest BCUT2D eigenvalue weighted by atomic mass is 10.1. The van der Waals surface area contributed by atoms with E-state index in [1.165, 1.54) is 0 Å². The molecule has 0 bridgehead atoms. The largest absolute Gasteiger partial charge is 0.379 e. The molecule has 174 valence electrons. The molecule has 33 heavy (non-hydrogen) atoms. The Morgan fingerprint density at radius 1 is 0.606 bits per heavy atom. The fourth-order valence-corrected chi connectivity index (χ4v) is 3.73. The van der Waals surface area contributed by atoms with E-state index in [0.717, 1.165) is 50.4 Å². The van der Waals surface area contributed by atoms with E-state index < -0.39 is 0 Å². The molecule has 0 N–H and O–H groups in total. The first-order valence-electron chi connectivity index (χ1n) is 11.4. The molecule has 1 heterocycles. The molecule has 0 aromatic heterocycles. The van der Waals surface area contributed by atoms with Crippen molar-refractivity contribution in [1.29, 1.82) is 10.5 Å². The minimum absolute atomic E-state index is 0.568. The third-order valence-corrected chi connectivity index (χ3v) is 5.50. The molecule has 1 aliphatic heterocycles. The normalized spacial score (nSPS) is 17.9. The Kier molecular flexibility index (Phi) is 10.8. The fourth-order valence-electron chi connectivity index (χ4n) is 3.73. The van der Waals surface area contributed by atoms with Crippen LogP contribution in [-0.4, -0.2) is 75.6 Å². The van der Waals surface area contributed by atoms with Crippen molar-refractivity contribution in [3.8, 4) is 12.1 Å². The summed E-state index contributed by atoms with van der Waals surface area (Å²) in [5.41, 5.74) is 3.58. The van der Waals surface area contributed by atoms with Gasteiger partial charge in [-0.25, -0.2) is 0 Å². The van der Waals surface area contributed by atoms with Gasteiger partial charge in [-0.2, -0.15) is 10.5 Å². The molecular formula is C26H32N4O3. The zero-order valence-electron chi connectivity index (χ0n) is 19.1. The summed E-state index contributed by atoms with van der Waals surface area (Å²) in [5, 5.41) is 18.3. The molecule has 7 nitrogen and oxygen atoms in total. The van der Waals surface area contributed by atoms with E-state index in [4.69, 9.17) is 24.7 Å². The summed E-state index contributed by atoms with van der Waals surface area (Å²) < 4.78 is 17.5. The zero-order chi connectivity index (χ0) is 23.1. The highest BCUT2D eigenvalue weighted by Gasteiger charge is 2.10. The van der Waals surface area contributed by atoms with E-state index in [0.29, 0.717) is 50.8 Å². The maximum atomic E-state index is 9.16. The van der Waals surface area contributed by atoms with Crippen LogP contribution in [0.4, 0.5) is 0 Å². The van der Waals surface area contributed by atoms with Gasteiger partial charge < -0.3 is 14.2 Å². The summed E-state index contributed by atoms with van der Waals surface area (Å²) in [4.78, 5) is 4.59. The van der Waals surface area contributed by atoms with E-state index in [-0.39, 0.29) is 0 Å². The van der Waals surface area contributed by atoms with Gasteiger partial charge in [0.1, 0.15) is 0 Å². The average Bonchev–Trinajstić information content (AvgIpc) is 2.85. The van der Waals surface area contributed by atoms with Crippen molar-refractivity contribution >= 4 is 0 Å². The second kappa shape index (κ2) is 14.4. The van der Waals surface area contributed by atoms with Crippen LogP contribution in [0.3, 0.4) is 0 Å². The molecule has 0 atom stereocenters. The van der Waals surface area contributed by atoms with Gasteiger partial charge in [-0.05, 0) is 35.4 Å². The molecule has 7 heteroatoms. The van der Waals surface area contributed by atoms with Gasteiger partial charge in [0.25, 0.3) is 0 Å². The number of hydrogen-bond acceptors (Lipinski definition) is 7. The molecule has 1 saturated heterocycles. The molecule has 2 aromatic carbocycles. The van der Waals surface area contributed by atoms with Crippen LogP contribution in [0.2, 0.25) is 0 Å². The first-order chi connectivity index (χ1) is 16.3. The third kappa shape index (κ3) is 9.31. The quantitative estimate of drug-likeness (QED) is 0.711. The number of hydrogen-bond donors (Lipinski definition) is 0. The number of ether oxygens (including phenoxy) is 3. The maximum Gasteiger partial charge on any atom is 0.0991 e. The fraction of sp³-hybridized carbons (Fsp3) is 0.462. The Balaban J connectivity index is 1.54. The second-order valence-corrected chi connectivity index (χ2v) is 8.01. The molecular weight excluding hydrogens is 416 g/mol. The van der Waals surface area contributed by atoms with E-state index in [2.05, 4.69) is 21.9 Å². The van der Waals surface area contributed by atoms with Gasteiger partial charge in [0.15, 0.2) is 0 Å². The molecule has 2 aromatic rings. The Morgan fingerprint density at radius 3 is 1.39 bits per heavy atom. The highest BCUT2D eigenvalue weighted by atomic mass is 16.5. The summed E-state index contributed by atoms with van der Waals surface area (Å²) in [6.45, 7) is 8.32. The van der Waals surface area contributed by atoms with Crippen LogP contribution in [0.25, 0.3) is 0 Å². The first kappa shape index (κ1) is 24.9. The van der Waals surface area contributed by atoms with Gasteiger partial charge in [0.2, 0.25) is 0 Å². The van der Waals surface area contributed by atoms with Crippen LogP contribution in [-0.2, 0) is 27.3 Å². The van der Waals surface area contributed by atoms with Crippen LogP contribution >= 0.6 is 0 Å². The van der Waals surface area contributed by atoms with Crippen LogP contribution in [0, 0.1) is 22.7 Å². The molecule has 1 fully saturated rings. The van der Waals surface area contributed by atoms with Crippen LogP contribution in [0.5, 0.6) is 0 Å². The predicted octanol–water partition coefficient (Wildman–Crippen LogP) is 2.80. The predicted molar refractivity (Wildman–Crippen MR) is 125 cm³/mol. The van der Waals surface area contributed by atoms with Crippen molar-refractivity contribution in [2.24, 2.45) is 0 Å². The summed E-state index contributed by atoms with van der Waals surface area (Å²) >= 11 is 0. The summed E-state index contributed by atoms with van der Waals surface area (Å²) in [5.74, 6) is 0. The van der Waals surface area contributed by atoms with E-state index in [1.807, 2.05) is 48.5 Å². The molecule has 0 amide bonds. The van der Waals surface area contributed by atoms with Gasteiger partial charge in [-0.3, -0.25) is 9.80 Å².